The SMILES string of the molecule is CC/C=C\C/C=C\C/C=C\CCCCCCCCCC(=O)OC(COC(=O)CCCCC)COP(=O)(O)O. The van der Waals surface area contributed by atoms with E-state index in [0.717, 1.165) is 57.8 Å². The van der Waals surface area contributed by atoms with Gasteiger partial charge in [-0.25, -0.2) is 4.57 Å². The molecule has 0 radical (unpaired) electrons. The largest absolute Gasteiger partial charge is 0.469 e. The first-order chi connectivity index (χ1) is 18.3. The number of phosphoric acid groups is 1. The lowest BCUT2D eigenvalue weighted by molar-refractivity contribution is -0.161. The highest BCUT2D eigenvalue weighted by Crippen LogP contribution is 2.35. The van der Waals surface area contributed by atoms with Gasteiger partial charge in [0.2, 0.25) is 0 Å². The molecule has 38 heavy (non-hydrogen) atoms. The van der Waals surface area contributed by atoms with Crippen molar-refractivity contribution < 1.29 is 37.9 Å². The number of carbonyl (C=O) groups excluding carboxylic acids is 2. The van der Waals surface area contributed by atoms with Crippen molar-refractivity contribution in [1.29, 1.82) is 0 Å². The lowest BCUT2D eigenvalue weighted by Gasteiger charge is -2.18. The first-order valence-corrected chi connectivity index (χ1v) is 15.8. The maximum Gasteiger partial charge on any atom is 0.469 e. The molecule has 0 fully saturated rings. The summed E-state index contributed by atoms with van der Waals surface area (Å²) in [6, 6.07) is 0. The van der Waals surface area contributed by atoms with E-state index in [9.17, 15) is 14.2 Å². The molecule has 0 rings (SSSR count). The lowest BCUT2D eigenvalue weighted by atomic mass is 10.1. The fourth-order valence-corrected chi connectivity index (χ4v) is 3.92. The van der Waals surface area contributed by atoms with E-state index in [4.69, 9.17) is 19.3 Å². The van der Waals surface area contributed by atoms with Crippen LogP contribution in [0.25, 0.3) is 0 Å². The first-order valence-electron chi connectivity index (χ1n) is 14.3. The van der Waals surface area contributed by atoms with Gasteiger partial charge in [-0.3, -0.25) is 14.1 Å². The van der Waals surface area contributed by atoms with Crippen LogP contribution in [0.15, 0.2) is 36.5 Å². The molecular weight excluding hydrogens is 507 g/mol. The second-order valence-corrected chi connectivity index (χ2v) is 10.6. The number of carbonyl (C=O) groups is 2. The van der Waals surface area contributed by atoms with Crippen LogP contribution in [0.5, 0.6) is 0 Å². The molecule has 1 unspecified atom stereocenters. The molecule has 0 heterocycles. The van der Waals surface area contributed by atoms with E-state index in [-0.39, 0.29) is 19.4 Å². The Kier molecular flexibility index (Phi) is 24.4. The zero-order valence-electron chi connectivity index (χ0n) is 23.6. The summed E-state index contributed by atoms with van der Waals surface area (Å²) < 4.78 is 25.8. The number of esters is 2. The molecule has 0 aromatic heterocycles. The third kappa shape index (κ3) is 27.3. The highest BCUT2D eigenvalue weighted by atomic mass is 31.2. The van der Waals surface area contributed by atoms with E-state index in [1.807, 2.05) is 6.92 Å². The van der Waals surface area contributed by atoms with Crippen LogP contribution in [-0.2, 0) is 28.2 Å². The van der Waals surface area contributed by atoms with E-state index in [2.05, 4.69) is 47.9 Å². The van der Waals surface area contributed by atoms with Crippen molar-refractivity contribution in [2.45, 2.75) is 123 Å². The van der Waals surface area contributed by atoms with Gasteiger partial charge in [0.05, 0.1) is 6.61 Å². The van der Waals surface area contributed by atoms with E-state index >= 15 is 0 Å². The number of allylic oxidation sites excluding steroid dienone is 6. The third-order valence-electron chi connectivity index (χ3n) is 5.67. The number of phosphoric ester groups is 1. The van der Waals surface area contributed by atoms with E-state index in [0.29, 0.717) is 12.8 Å². The van der Waals surface area contributed by atoms with Crippen molar-refractivity contribution >= 4 is 19.8 Å². The molecule has 0 amide bonds. The van der Waals surface area contributed by atoms with Gasteiger partial charge in [-0.15, -0.1) is 0 Å². The average Bonchev–Trinajstić information content (AvgIpc) is 2.87. The molecule has 2 N–H and O–H groups in total. The van der Waals surface area contributed by atoms with Crippen molar-refractivity contribution in [3.8, 4) is 0 Å². The van der Waals surface area contributed by atoms with Crippen molar-refractivity contribution in [3.63, 3.8) is 0 Å². The minimum atomic E-state index is -4.73. The second kappa shape index (κ2) is 25.5. The van der Waals surface area contributed by atoms with Gasteiger partial charge in [0.15, 0.2) is 6.10 Å². The summed E-state index contributed by atoms with van der Waals surface area (Å²) in [6.07, 6.45) is 26.7. The molecule has 0 bridgehead atoms. The maximum absolute atomic E-state index is 12.2. The van der Waals surface area contributed by atoms with Crippen LogP contribution in [-0.4, -0.2) is 41.0 Å². The summed E-state index contributed by atoms with van der Waals surface area (Å²) in [7, 11) is -4.73. The molecular formula is C29H51O8P. The first kappa shape index (κ1) is 36.3. The molecule has 0 aliphatic carbocycles. The Hall–Kier alpha value is -1.73. The van der Waals surface area contributed by atoms with Gasteiger partial charge < -0.3 is 19.3 Å². The van der Waals surface area contributed by atoms with E-state index in [1.54, 1.807) is 0 Å². The highest BCUT2D eigenvalue weighted by molar-refractivity contribution is 7.46. The average molecular weight is 559 g/mol. The maximum atomic E-state index is 12.2. The Labute approximate surface area is 230 Å². The standard InChI is InChI=1S/C29H51O8P/c1-3-5-7-8-9-10-11-12-13-14-15-16-17-18-19-20-22-24-29(31)37-27(26-36-38(32,33)34)25-35-28(30)23-21-6-4-2/h5,7,9-10,12-13,27H,3-4,6,8,11,14-26H2,1-2H3,(H2,32,33,34)/b7-5-,10-9-,13-12-. The molecule has 0 aliphatic rings. The summed E-state index contributed by atoms with van der Waals surface area (Å²) in [5.41, 5.74) is 0. The van der Waals surface area contributed by atoms with E-state index in [1.165, 1.54) is 19.3 Å². The minimum Gasteiger partial charge on any atom is -0.462 e. The number of hydrogen-bond donors (Lipinski definition) is 2. The molecule has 0 spiro atoms. The molecule has 0 aromatic rings. The molecule has 0 aliphatic heterocycles. The van der Waals surface area contributed by atoms with Gasteiger partial charge >= 0.3 is 19.8 Å². The van der Waals surface area contributed by atoms with Crippen molar-refractivity contribution in [1.82, 2.24) is 0 Å². The van der Waals surface area contributed by atoms with Gasteiger partial charge in [0, 0.05) is 12.8 Å². The van der Waals surface area contributed by atoms with Crippen LogP contribution in [0.3, 0.4) is 0 Å². The van der Waals surface area contributed by atoms with Crippen LogP contribution in [0.1, 0.15) is 117 Å². The molecule has 9 heteroatoms. The van der Waals surface area contributed by atoms with Crippen LogP contribution >= 0.6 is 7.82 Å². The van der Waals surface area contributed by atoms with Crippen LogP contribution < -0.4 is 0 Å². The Morgan fingerprint density at radius 3 is 1.89 bits per heavy atom. The number of hydrogen-bond acceptors (Lipinski definition) is 6. The number of ether oxygens (including phenoxy) is 2. The van der Waals surface area contributed by atoms with Gasteiger partial charge in [-0.1, -0.05) is 95.2 Å². The normalized spacial score (nSPS) is 13.1. The quantitative estimate of drug-likeness (QED) is 0.0511. The van der Waals surface area contributed by atoms with Gasteiger partial charge in [-0.05, 0) is 44.9 Å². The molecule has 8 nitrogen and oxygen atoms in total. The smallest absolute Gasteiger partial charge is 0.462 e. The molecule has 0 saturated heterocycles. The summed E-state index contributed by atoms with van der Waals surface area (Å²) in [5.74, 6) is -0.930. The molecule has 1 atom stereocenters. The Bertz CT molecular complexity index is 726. The molecule has 0 saturated carbocycles. The van der Waals surface area contributed by atoms with Crippen LogP contribution in [0, 0.1) is 0 Å². The van der Waals surface area contributed by atoms with Gasteiger partial charge in [0.1, 0.15) is 6.61 Å². The molecule has 220 valence electrons. The number of rotatable bonds is 25. The summed E-state index contributed by atoms with van der Waals surface area (Å²) in [5, 5.41) is 0. The summed E-state index contributed by atoms with van der Waals surface area (Å²) in [6.45, 7) is 3.33. The van der Waals surface area contributed by atoms with Crippen LogP contribution in [0.2, 0.25) is 0 Å². The monoisotopic (exact) mass is 558 g/mol. The predicted octanol–water partition coefficient (Wildman–Crippen LogP) is 7.50. The fourth-order valence-electron chi connectivity index (χ4n) is 3.56. The van der Waals surface area contributed by atoms with Gasteiger partial charge in [-0.2, -0.15) is 0 Å². The third-order valence-corrected chi connectivity index (χ3v) is 6.16. The summed E-state index contributed by atoms with van der Waals surface area (Å²) >= 11 is 0. The number of unbranched alkanes of at least 4 members (excludes halogenated alkanes) is 9. The zero-order chi connectivity index (χ0) is 28.3. The van der Waals surface area contributed by atoms with Crippen molar-refractivity contribution in [2.75, 3.05) is 13.2 Å². The Morgan fingerprint density at radius 2 is 1.26 bits per heavy atom. The molecule has 0 aromatic carbocycles. The zero-order valence-corrected chi connectivity index (χ0v) is 24.5. The second-order valence-electron chi connectivity index (χ2n) is 9.35. The Morgan fingerprint density at radius 1 is 0.711 bits per heavy atom. The lowest BCUT2D eigenvalue weighted by Crippen LogP contribution is -2.29. The minimum absolute atomic E-state index is 0.199. The fraction of sp³-hybridized carbons (Fsp3) is 0.724. The van der Waals surface area contributed by atoms with E-state index < -0.39 is 32.5 Å². The van der Waals surface area contributed by atoms with Gasteiger partial charge in [0.25, 0.3) is 0 Å². The topological polar surface area (TPSA) is 119 Å². The van der Waals surface area contributed by atoms with Crippen molar-refractivity contribution in [3.05, 3.63) is 36.5 Å². The van der Waals surface area contributed by atoms with Crippen molar-refractivity contribution in [2.24, 2.45) is 0 Å². The summed E-state index contributed by atoms with van der Waals surface area (Å²) in [4.78, 5) is 41.8. The highest BCUT2D eigenvalue weighted by Gasteiger charge is 2.22. The predicted molar refractivity (Wildman–Crippen MR) is 151 cm³/mol. The Balaban J connectivity index is 3.93. The van der Waals surface area contributed by atoms with Crippen LogP contribution in [0.4, 0.5) is 0 Å².